The summed E-state index contributed by atoms with van der Waals surface area (Å²) in [6.45, 7) is 2.25. The molecule has 2 N–H and O–H groups in total. The molecule has 7 heteroatoms. The summed E-state index contributed by atoms with van der Waals surface area (Å²) in [6.07, 6.45) is 0. The van der Waals surface area contributed by atoms with E-state index in [1.807, 2.05) is 24.4 Å². The van der Waals surface area contributed by atoms with Crippen molar-refractivity contribution in [3.05, 3.63) is 39.4 Å². The highest BCUT2D eigenvalue weighted by Crippen LogP contribution is 2.30. The molecule has 0 spiro atoms. The number of sulfonamides is 1. The van der Waals surface area contributed by atoms with Crippen molar-refractivity contribution in [3.8, 4) is 0 Å². The molecule has 0 aliphatic carbocycles. The van der Waals surface area contributed by atoms with Gasteiger partial charge in [0.15, 0.2) is 0 Å². The first kappa shape index (κ1) is 14.7. The van der Waals surface area contributed by atoms with Gasteiger partial charge in [0, 0.05) is 18.5 Å². The van der Waals surface area contributed by atoms with E-state index in [-0.39, 0.29) is 6.04 Å². The van der Waals surface area contributed by atoms with Crippen LogP contribution in [0.15, 0.2) is 33.2 Å². The molecular weight excluding hydrogens is 300 g/mol. The highest BCUT2D eigenvalue weighted by molar-refractivity contribution is 7.91. The Kier molecular flexibility index (Phi) is 4.42. The normalized spacial score (nSPS) is 13.9. The Labute approximate surface area is 121 Å². The molecule has 0 amide bonds. The SMILES string of the molecule is CC(c1cccs1)N(C)S(=O)(=O)c1cc(CN)cs1. The second kappa shape index (κ2) is 5.72. The fraction of sp³-hybridized carbons (Fsp3) is 0.333. The lowest BCUT2D eigenvalue weighted by Gasteiger charge is -2.22. The summed E-state index contributed by atoms with van der Waals surface area (Å²) in [5.74, 6) is 0. The minimum absolute atomic E-state index is 0.173. The predicted molar refractivity (Wildman–Crippen MR) is 79.9 cm³/mol. The largest absolute Gasteiger partial charge is 0.326 e. The number of nitrogens with zero attached hydrogens (tertiary/aromatic N) is 1. The average molecular weight is 316 g/mol. The lowest BCUT2D eigenvalue weighted by molar-refractivity contribution is 0.404. The molecule has 0 bridgehead atoms. The van der Waals surface area contributed by atoms with Crippen LogP contribution in [0.5, 0.6) is 0 Å². The number of hydrogen-bond donors (Lipinski definition) is 1. The second-order valence-electron chi connectivity index (χ2n) is 4.19. The van der Waals surface area contributed by atoms with Gasteiger partial charge in [-0.05, 0) is 35.4 Å². The van der Waals surface area contributed by atoms with E-state index in [9.17, 15) is 8.42 Å². The van der Waals surface area contributed by atoms with Gasteiger partial charge < -0.3 is 5.73 Å². The Morgan fingerprint density at radius 2 is 2.16 bits per heavy atom. The summed E-state index contributed by atoms with van der Waals surface area (Å²) < 4.78 is 26.8. The van der Waals surface area contributed by atoms with Gasteiger partial charge in [0.2, 0.25) is 0 Å². The van der Waals surface area contributed by atoms with Crippen LogP contribution in [-0.4, -0.2) is 19.8 Å². The molecule has 0 radical (unpaired) electrons. The van der Waals surface area contributed by atoms with Crippen molar-refractivity contribution in [2.75, 3.05) is 7.05 Å². The van der Waals surface area contributed by atoms with Crippen molar-refractivity contribution in [3.63, 3.8) is 0 Å². The minimum atomic E-state index is -3.45. The van der Waals surface area contributed by atoms with Gasteiger partial charge in [-0.15, -0.1) is 22.7 Å². The van der Waals surface area contributed by atoms with Gasteiger partial charge in [-0.1, -0.05) is 6.07 Å². The van der Waals surface area contributed by atoms with Gasteiger partial charge in [-0.2, -0.15) is 4.31 Å². The van der Waals surface area contributed by atoms with Gasteiger partial charge in [0.05, 0.1) is 6.04 Å². The van der Waals surface area contributed by atoms with Crippen LogP contribution >= 0.6 is 22.7 Å². The van der Waals surface area contributed by atoms with Crippen molar-refractivity contribution in [2.45, 2.75) is 23.7 Å². The number of hydrogen-bond acceptors (Lipinski definition) is 5. The third kappa shape index (κ3) is 2.90. The molecule has 0 saturated heterocycles. The van der Waals surface area contributed by atoms with E-state index in [1.54, 1.807) is 29.8 Å². The molecule has 0 fully saturated rings. The van der Waals surface area contributed by atoms with Crippen LogP contribution in [0.4, 0.5) is 0 Å². The fourth-order valence-electron chi connectivity index (χ4n) is 1.65. The zero-order valence-electron chi connectivity index (χ0n) is 10.7. The third-order valence-electron chi connectivity index (χ3n) is 3.00. The van der Waals surface area contributed by atoms with Crippen LogP contribution in [0.25, 0.3) is 0 Å². The van der Waals surface area contributed by atoms with Crippen LogP contribution < -0.4 is 5.73 Å². The van der Waals surface area contributed by atoms with E-state index in [4.69, 9.17) is 5.73 Å². The van der Waals surface area contributed by atoms with Crippen molar-refractivity contribution >= 4 is 32.7 Å². The van der Waals surface area contributed by atoms with Crippen LogP contribution in [0, 0.1) is 0 Å². The maximum absolute atomic E-state index is 12.5. The first-order chi connectivity index (χ1) is 8.96. The van der Waals surface area contributed by atoms with E-state index in [0.29, 0.717) is 10.8 Å². The monoisotopic (exact) mass is 316 g/mol. The Hall–Kier alpha value is -0.730. The Morgan fingerprint density at radius 1 is 1.42 bits per heavy atom. The van der Waals surface area contributed by atoms with Gasteiger partial charge in [-0.25, -0.2) is 8.42 Å². The molecule has 4 nitrogen and oxygen atoms in total. The van der Waals surface area contributed by atoms with Crippen LogP contribution in [0.1, 0.15) is 23.4 Å². The van der Waals surface area contributed by atoms with E-state index < -0.39 is 10.0 Å². The highest BCUT2D eigenvalue weighted by Gasteiger charge is 2.28. The average Bonchev–Trinajstić information content (AvgIpc) is 3.07. The van der Waals surface area contributed by atoms with Crippen LogP contribution in [0.3, 0.4) is 0 Å². The van der Waals surface area contributed by atoms with E-state index in [1.165, 1.54) is 15.6 Å². The molecule has 1 atom stereocenters. The lowest BCUT2D eigenvalue weighted by Crippen LogP contribution is -2.28. The zero-order chi connectivity index (χ0) is 14.0. The Bertz CT molecular complexity index is 632. The number of rotatable bonds is 5. The molecule has 2 aromatic heterocycles. The molecule has 0 aliphatic rings. The number of thiophene rings is 2. The summed E-state index contributed by atoms with van der Waals surface area (Å²) in [5, 5.41) is 3.74. The smallest absolute Gasteiger partial charge is 0.252 e. The second-order valence-corrected chi connectivity index (χ2v) is 8.31. The fourth-order valence-corrected chi connectivity index (χ4v) is 5.30. The van der Waals surface area contributed by atoms with Crippen LogP contribution in [0.2, 0.25) is 0 Å². The van der Waals surface area contributed by atoms with Gasteiger partial charge in [-0.3, -0.25) is 0 Å². The molecule has 0 aromatic carbocycles. The highest BCUT2D eigenvalue weighted by atomic mass is 32.2. The summed E-state index contributed by atoms with van der Waals surface area (Å²) >= 11 is 2.78. The Morgan fingerprint density at radius 3 is 2.68 bits per heavy atom. The van der Waals surface area contributed by atoms with Gasteiger partial charge in [0.1, 0.15) is 4.21 Å². The molecule has 2 rings (SSSR count). The van der Waals surface area contributed by atoms with Gasteiger partial charge in [0.25, 0.3) is 10.0 Å². The lowest BCUT2D eigenvalue weighted by atomic mass is 10.3. The predicted octanol–water partition coefficient (Wildman–Crippen LogP) is 2.65. The third-order valence-corrected chi connectivity index (χ3v) is 7.43. The first-order valence-electron chi connectivity index (χ1n) is 5.75. The molecule has 0 aliphatic heterocycles. The Balaban J connectivity index is 2.28. The molecule has 104 valence electrons. The van der Waals surface area contributed by atoms with Crippen LogP contribution in [-0.2, 0) is 16.6 Å². The van der Waals surface area contributed by atoms with E-state index >= 15 is 0 Å². The van der Waals surface area contributed by atoms with Crippen molar-refractivity contribution in [1.29, 1.82) is 0 Å². The quantitative estimate of drug-likeness (QED) is 0.922. The first-order valence-corrected chi connectivity index (χ1v) is 8.95. The maximum atomic E-state index is 12.5. The van der Waals surface area contributed by atoms with E-state index in [0.717, 1.165) is 10.4 Å². The number of nitrogens with two attached hydrogens (primary N) is 1. The molecule has 2 aromatic rings. The molecule has 0 saturated carbocycles. The van der Waals surface area contributed by atoms with Crippen molar-refractivity contribution in [2.24, 2.45) is 5.73 Å². The molecule has 19 heavy (non-hydrogen) atoms. The summed E-state index contributed by atoms with van der Waals surface area (Å²) in [4.78, 5) is 1.03. The summed E-state index contributed by atoms with van der Waals surface area (Å²) in [5.41, 5.74) is 6.37. The molecule has 1 unspecified atom stereocenters. The minimum Gasteiger partial charge on any atom is -0.326 e. The topological polar surface area (TPSA) is 63.4 Å². The van der Waals surface area contributed by atoms with Crippen molar-refractivity contribution < 1.29 is 8.42 Å². The standard InChI is InChI=1S/C12H16N2O2S3/c1-9(11-4-3-5-17-11)14(2)19(15,16)12-6-10(7-13)8-18-12/h3-6,8-9H,7,13H2,1-2H3. The summed E-state index contributed by atoms with van der Waals surface area (Å²) in [7, 11) is -1.84. The summed E-state index contributed by atoms with van der Waals surface area (Å²) in [6, 6.07) is 5.35. The molecule has 2 heterocycles. The maximum Gasteiger partial charge on any atom is 0.252 e. The van der Waals surface area contributed by atoms with Crippen molar-refractivity contribution in [1.82, 2.24) is 4.31 Å². The molecular formula is C12H16N2O2S3. The van der Waals surface area contributed by atoms with E-state index in [2.05, 4.69) is 0 Å². The van der Waals surface area contributed by atoms with Gasteiger partial charge >= 0.3 is 0 Å². The zero-order valence-corrected chi connectivity index (χ0v) is 13.2.